The Morgan fingerprint density at radius 2 is 1.45 bits per heavy atom. The van der Waals surface area contributed by atoms with Crippen LogP contribution in [0.4, 0.5) is 0 Å². The molecule has 0 unspecified atom stereocenters. The monoisotopic (exact) mass is 150 g/mol. The summed E-state index contributed by atoms with van der Waals surface area (Å²) in [6.07, 6.45) is 5.15. The van der Waals surface area contributed by atoms with Crippen LogP contribution in [0.25, 0.3) is 0 Å². The topological polar surface area (TPSA) is 58.9 Å². The van der Waals surface area contributed by atoms with Gasteiger partial charge in [-0.3, -0.25) is 0 Å². The Balaban J connectivity index is 2.94. The number of allylic oxidation sites excluding steroid dienone is 2. The van der Waals surface area contributed by atoms with E-state index in [1.54, 1.807) is 0 Å². The molecular formula is C7H6N2O2. The van der Waals surface area contributed by atoms with Crippen LogP contribution in [-0.2, 0) is 9.59 Å². The molecule has 1 rings (SSSR count). The van der Waals surface area contributed by atoms with Crippen molar-refractivity contribution in [1.29, 1.82) is 0 Å². The average molecular weight is 150 g/mol. The number of isocyanates is 2. The van der Waals surface area contributed by atoms with Crippen LogP contribution < -0.4 is 0 Å². The van der Waals surface area contributed by atoms with Gasteiger partial charge in [0.25, 0.3) is 0 Å². The Morgan fingerprint density at radius 3 is 1.82 bits per heavy atom. The quantitative estimate of drug-likeness (QED) is 0.436. The SMILES string of the molecule is O=C=NC1=C(N=C=O)CCC1. The minimum absolute atomic E-state index is 0.573. The first-order valence-electron chi connectivity index (χ1n) is 3.26. The minimum atomic E-state index is 0.573. The standard InChI is InChI=1S/C7H6N2O2/c10-4-8-6-2-1-3-7(6)9-5-11/h1-3H2. The van der Waals surface area contributed by atoms with Crippen molar-refractivity contribution in [3.8, 4) is 0 Å². The lowest BCUT2D eigenvalue weighted by molar-refractivity contribution is 0.563. The maximum absolute atomic E-state index is 9.84. The molecule has 0 amide bonds. The van der Waals surface area contributed by atoms with E-state index in [0.717, 1.165) is 6.42 Å². The third-order valence-electron chi connectivity index (χ3n) is 1.52. The molecule has 0 aliphatic heterocycles. The van der Waals surface area contributed by atoms with Crippen LogP contribution in [0.3, 0.4) is 0 Å². The molecule has 0 radical (unpaired) electrons. The molecular weight excluding hydrogens is 144 g/mol. The highest BCUT2D eigenvalue weighted by molar-refractivity contribution is 5.42. The van der Waals surface area contributed by atoms with Crippen LogP contribution in [0.2, 0.25) is 0 Å². The number of aliphatic imine (C=N–C) groups is 2. The lowest BCUT2D eigenvalue weighted by Gasteiger charge is -1.87. The van der Waals surface area contributed by atoms with Crippen molar-refractivity contribution in [2.75, 3.05) is 0 Å². The fourth-order valence-electron chi connectivity index (χ4n) is 1.06. The summed E-state index contributed by atoms with van der Waals surface area (Å²) in [4.78, 5) is 26.5. The Kier molecular flexibility index (Phi) is 2.50. The zero-order valence-electron chi connectivity index (χ0n) is 5.83. The Hall–Kier alpha value is -1.50. The van der Waals surface area contributed by atoms with Crippen LogP contribution in [0.5, 0.6) is 0 Å². The molecule has 0 heterocycles. The minimum Gasteiger partial charge on any atom is -0.211 e. The fourth-order valence-corrected chi connectivity index (χ4v) is 1.06. The molecule has 56 valence electrons. The van der Waals surface area contributed by atoms with Crippen LogP contribution in [0, 0.1) is 0 Å². The van der Waals surface area contributed by atoms with Crippen molar-refractivity contribution in [2.24, 2.45) is 9.98 Å². The zero-order valence-corrected chi connectivity index (χ0v) is 5.83. The van der Waals surface area contributed by atoms with E-state index in [0.29, 0.717) is 24.2 Å². The van der Waals surface area contributed by atoms with E-state index in [4.69, 9.17) is 0 Å². The highest BCUT2D eigenvalue weighted by Gasteiger charge is 2.12. The Labute approximate surface area is 63.3 Å². The van der Waals surface area contributed by atoms with Gasteiger partial charge >= 0.3 is 0 Å². The van der Waals surface area contributed by atoms with Crippen molar-refractivity contribution < 1.29 is 9.59 Å². The van der Waals surface area contributed by atoms with Gasteiger partial charge in [0.2, 0.25) is 12.2 Å². The first-order chi connectivity index (χ1) is 5.38. The molecule has 0 aromatic carbocycles. The van der Waals surface area contributed by atoms with Crippen LogP contribution >= 0.6 is 0 Å². The highest BCUT2D eigenvalue weighted by Crippen LogP contribution is 2.26. The fraction of sp³-hybridized carbons (Fsp3) is 0.429. The van der Waals surface area contributed by atoms with Gasteiger partial charge in [0, 0.05) is 0 Å². The first-order valence-corrected chi connectivity index (χ1v) is 3.26. The van der Waals surface area contributed by atoms with Gasteiger partial charge in [0.1, 0.15) is 0 Å². The summed E-state index contributed by atoms with van der Waals surface area (Å²) in [5.41, 5.74) is 1.15. The molecule has 1 aliphatic carbocycles. The van der Waals surface area contributed by atoms with Crippen LogP contribution in [-0.4, -0.2) is 12.2 Å². The van der Waals surface area contributed by atoms with Crippen molar-refractivity contribution in [1.82, 2.24) is 0 Å². The molecule has 0 fully saturated rings. The summed E-state index contributed by atoms with van der Waals surface area (Å²) in [6.45, 7) is 0. The number of nitrogens with zero attached hydrogens (tertiary/aromatic N) is 2. The largest absolute Gasteiger partial charge is 0.240 e. The maximum atomic E-state index is 9.84. The predicted octanol–water partition coefficient (Wildman–Crippen LogP) is 1.05. The third kappa shape index (κ3) is 1.71. The average Bonchev–Trinajstić information content (AvgIpc) is 2.39. The van der Waals surface area contributed by atoms with Crippen LogP contribution in [0.1, 0.15) is 19.3 Å². The Bertz CT molecular complexity index is 253. The molecule has 0 aromatic heterocycles. The summed E-state index contributed by atoms with van der Waals surface area (Å²) in [7, 11) is 0. The van der Waals surface area contributed by atoms with E-state index in [2.05, 4.69) is 9.98 Å². The maximum Gasteiger partial charge on any atom is 0.240 e. The smallest absolute Gasteiger partial charge is 0.211 e. The molecule has 0 N–H and O–H groups in total. The molecule has 11 heavy (non-hydrogen) atoms. The lowest BCUT2D eigenvalue weighted by Crippen LogP contribution is -1.75. The summed E-state index contributed by atoms with van der Waals surface area (Å²) >= 11 is 0. The molecule has 4 heteroatoms. The predicted molar refractivity (Wildman–Crippen MR) is 37.1 cm³/mol. The van der Waals surface area contributed by atoms with Crippen molar-refractivity contribution in [3.63, 3.8) is 0 Å². The van der Waals surface area contributed by atoms with Gasteiger partial charge in [-0.15, -0.1) is 0 Å². The van der Waals surface area contributed by atoms with E-state index in [9.17, 15) is 9.59 Å². The molecule has 0 saturated heterocycles. The van der Waals surface area contributed by atoms with E-state index in [1.165, 1.54) is 12.2 Å². The van der Waals surface area contributed by atoms with Gasteiger partial charge < -0.3 is 0 Å². The Morgan fingerprint density at radius 1 is 1.00 bits per heavy atom. The number of rotatable bonds is 2. The molecule has 1 aliphatic rings. The third-order valence-corrected chi connectivity index (χ3v) is 1.52. The number of carbonyl (C=O) groups excluding carboxylic acids is 2. The van der Waals surface area contributed by atoms with Crippen molar-refractivity contribution in [3.05, 3.63) is 11.4 Å². The molecule has 0 atom stereocenters. The summed E-state index contributed by atoms with van der Waals surface area (Å²) in [5, 5.41) is 0. The number of hydrogen-bond acceptors (Lipinski definition) is 4. The second-order valence-electron chi connectivity index (χ2n) is 2.15. The molecule has 0 bridgehead atoms. The van der Waals surface area contributed by atoms with Gasteiger partial charge in [-0.2, -0.15) is 9.98 Å². The van der Waals surface area contributed by atoms with E-state index < -0.39 is 0 Å². The molecule has 0 spiro atoms. The second-order valence-corrected chi connectivity index (χ2v) is 2.15. The van der Waals surface area contributed by atoms with E-state index in [-0.39, 0.29) is 0 Å². The van der Waals surface area contributed by atoms with Gasteiger partial charge in [-0.1, -0.05) is 0 Å². The van der Waals surface area contributed by atoms with E-state index >= 15 is 0 Å². The van der Waals surface area contributed by atoms with Crippen LogP contribution in [0.15, 0.2) is 21.4 Å². The van der Waals surface area contributed by atoms with E-state index in [1.807, 2.05) is 0 Å². The van der Waals surface area contributed by atoms with Gasteiger partial charge in [0.05, 0.1) is 11.4 Å². The summed E-state index contributed by atoms with van der Waals surface area (Å²) < 4.78 is 0. The molecule has 4 nitrogen and oxygen atoms in total. The van der Waals surface area contributed by atoms with Gasteiger partial charge in [0.15, 0.2) is 0 Å². The molecule has 0 saturated carbocycles. The summed E-state index contributed by atoms with van der Waals surface area (Å²) in [5.74, 6) is 0. The van der Waals surface area contributed by atoms with Crippen molar-refractivity contribution in [2.45, 2.75) is 19.3 Å². The van der Waals surface area contributed by atoms with Gasteiger partial charge in [-0.05, 0) is 19.3 Å². The highest BCUT2D eigenvalue weighted by atomic mass is 16.1. The second kappa shape index (κ2) is 3.62. The number of hydrogen-bond donors (Lipinski definition) is 0. The first kappa shape index (κ1) is 7.61. The zero-order chi connectivity index (χ0) is 8.10. The lowest BCUT2D eigenvalue weighted by atomic mass is 10.3. The summed E-state index contributed by atoms with van der Waals surface area (Å²) in [6, 6.07) is 0. The van der Waals surface area contributed by atoms with Gasteiger partial charge in [-0.25, -0.2) is 9.59 Å². The normalized spacial score (nSPS) is 15.6. The van der Waals surface area contributed by atoms with Crippen molar-refractivity contribution >= 4 is 12.2 Å². The molecule has 0 aromatic rings.